The summed E-state index contributed by atoms with van der Waals surface area (Å²) in [5, 5.41) is 25.0. The lowest BCUT2D eigenvalue weighted by Gasteiger charge is -2.45. The first-order chi connectivity index (χ1) is 27.8. The summed E-state index contributed by atoms with van der Waals surface area (Å²) in [5.41, 5.74) is 2.84. The van der Waals surface area contributed by atoms with Gasteiger partial charge in [0.25, 0.3) is 0 Å². The Kier molecular flexibility index (Phi) is 10.2. The maximum atomic E-state index is 13.6. The van der Waals surface area contributed by atoms with Gasteiger partial charge >= 0.3 is 0 Å². The Balaban J connectivity index is 0.000000148. The average molecular weight is 819 g/mol. The van der Waals surface area contributed by atoms with Crippen LogP contribution in [-0.2, 0) is 4.79 Å². The van der Waals surface area contributed by atoms with Crippen molar-refractivity contribution in [2.45, 2.75) is 36.8 Å². The number of carbonyl (C=O) groups is 1. The summed E-state index contributed by atoms with van der Waals surface area (Å²) in [6.07, 6.45) is 7.15. The number of ether oxygens (including phenoxy) is 2. The predicted molar refractivity (Wildman–Crippen MR) is 216 cm³/mol. The number of anilines is 2. The average Bonchev–Trinajstić information content (AvgIpc) is 4.03. The molecule has 15 nitrogen and oxygen atoms in total. The van der Waals surface area contributed by atoms with Gasteiger partial charge in [0.05, 0.1) is 38.0 Å². The summed E-state index contributed by atoms with van der Waals surface area (Å²) in [6.45, 7) is 8.04. The van der Waals surface area contributed by atoms with Gasteiger partial charge in [0.2, 0.25) is 26.1 Å². The lowest BCUT2D eigenvalue weighted by atomic mass is 9.85. The Hall–Kier alpha value is -4.95. The van der Waals surface area contributed by atoms with E-state index in [1.807, 2.05) is 4.52 Å². The van der Waals surface area contributed by atoms with Crippen LogP contribution in [0, 0.1) is 11.6 Å². The van der Waals surface area contributed by atoms with Crippen LogP contribution in [0.3, 0.4) is 0 Å². The highest BCUT2D eigenvalue weighted by molar-refractivity contribution is 7.20. The fraction of sp³-hybridized carbons (Fsp3) is 0.447. The first kappa shape index (κ1) is 37.6. The van der Waals surface area contributed by atoms with Crippen LogP contribution in [0.4, 0.5) is 19.0 Å². The summed E-state index contributed by atoms with van der Waals surface area (Å²) in [4.78, 5) is 27.4. The maximum absolute atomic E-state index is 13.6. The van der Waals surface area contributed by atoms with Crippen molar-refractivity contribution in [1.29, 1.82) is 0 Å². The number of nitrogens with one attached hydrogen (secondary N) is 4. The number of carbonyl (C=O) groups excluding carboxylic acids is 1. The number of amides is 1. The summed E-state index contributed by atoms with van der Waals surface area (Å²) >= 11 is 3.09. The summed E-state index contributed by atoms with van der Waals surface area (Å²) in [5.74, 6) is 0.340. The van der Waals surface area contributed by atoms with E-state index in [-0.39, 0.29) is 23.1 Å². The van der Waals surface area contributed by atoms with Gasteiger partial charge in [0.1, 0.15) is 28.7 Å². The van der Waals surface area contributed by atoms with Crippen LogP contribution in [0.2, 0.25) is 0 Å². The van der Waals surface area contributed by atoms with Crippen LogP contribution in [0.5, 0.6) is 11.5 Å². The summed E-state index contributed by atoms with van der Waals surface area (Å²) in [7, 11) is 3.06. The number of nitrogens with zero attached hydrogens (tertiary/aromatic N) is 8. The molecule has 1 amide bonds. The largest absolute Gasteiger partial charge is 0.496 e. The van der Waals surface area contributed by atoms with Crippen molar-refractivity contribution in [2.24, 2.45) is 0 Å². The predicted octanol–water partition coefficient (Wildman–Crippen LogP) is 3.80. The normalized spacial score (nSPS) is 19.2. The van der Waals surface area contributed by atoms with Gasteiger partial charge in [0, 0.05) is 87.7 Å². The zero-order valence-electron chi connectivity index (χ0n) is 31.7. The zero-order valence-corrected chi connectivity index (χ0v) is 33.3. The third-order valence-corrected chi connectivity index (χ3v) is 13.4. The quantitative estimate of drug-likeness (QED) is 0.194. The first-order valence-electron chi connectivity index (χ1n) is 19.1. The highest BCUT2D eigenvalue weighted by Crippen LogP contribution is 2.37. The van der Waals surface area contributed by atoms with E-state index in [0.717, 1.165) is 121 Å². The fourth-order valence-corrected chi connectivity index (χ4v) is 10.1. The van der Waals surface area contributed by atoms with E-state index in [4.69, 9.17) is 19.7 Å². The van der Waals surface area contributed by atoms with E-state index in [1.165, 1.54) is 42.7 Å². The number of benzene rings is 2. The molecule has 0 aliphatic carbocycles. The van der Waals surface area contributed by atoms with Crippen LogP contribution in [0.1, 0.15) is 25.7 Å². The number of hydrogen-bond donors (Lipinski definition) is 4. The van der Waals surface area contributed by atoms with E-state index >= 15 is 0 Å². The maximum Gasteiger partial charge on any atom is 0.240 e. The van der Waals surface area contributed by atoms with Crippen LogP contribution >= 0.6 is 22.7 Å². The van der Waals surface area contributed by atoms with Crippen molar-refractivity contribution in [3.05, 3.63) is 60.4 Å². The third kappa shape index (κ3) is 7.15. The van der Waals surface area contributed by atoms with Gasteiger partial charge in [-0.1, -0.05) is 22.7 Å². The van der Waals surface area contributed by atoms with Crippen molar-refractivity contribution < 1.29 is 23.0 Å². The molecule has 4 aliphatic rings. The lowest BCUT2D eigenvalue weighted by molar-refractivity contribution is -0.130. The van der Waals surface area contributed by atoms with Gasteiger partial charge in [-0.2, -0.15) is 0 Å². The second-order valence-corrected chi connectivity index (χ2v) is 16.6. The van der Waals surface area contributed by atoms with Crippen molar-refractivity contribution in [3.8, 4) is 34.0 Å². The molecule has 4 saturated heterocycles. The molecular formula is C38H44F2N12O3S2. The molecular weight excluding hydrogens is 775 g/mol. The van der Waals surface area contributed by atoms with Crippen molar-refractivity contribution in [2.75, 3.05) is 82.9 Å². The molecule has 4 aliphatic heterocycles. The number of methoxy groups -OCH3 is 2. The highest BCUT2D eigenvalue weighted by Gasteiger charge is 2.43. The van der Waals surface area contributed by atoms with Crippen molar-refractivity contribution in [3.63, 3.8) is 0 Å². The van der Waals surface area contributed by atoms with Gasteiger partial charge in [-0.15, -0.1) is 10.2 Å². The number of imidazole rings is 2. The van der Waals surface area contributed by atoms with Crippen molar-refractivity contribution >= 4 is 48.8 Å². The number of piperazine rings is 2. The fourth-order valence-electron chi connectivity index (χ4n) is 8.24. The number of rotatable bonds is 6. The minimum absolute atomic E-state index is 0.100. The minimum atomic E-state index is -0.460. The summed E-state index contributed by atoms with van der Waals surface area (Å²) in [6, 6.07) is 8.96. The second-order valence-electron chi connectivity index (χ2n) is 14.8. The van der Waals surface area contributed by atoms with E-state index < -0.39 is 5.54 Å². The molecule has 2 aromatic carbocycles. The Morgan fingerprint density at radius 2 is 1.23 bits per heavy atom. The van der Waals surface area contributed by atoms with Gasteiger partial charge in [-0.05, 0) is 49.9 Å². The highest BCUT2D eigenvalue weighted by atomic mass is 32.1. The van der Waals surface area contributed by atoms with Gasteiger partial charge in [-0.3, -0.25) is 4.79 Å². The molecule has 6 aromatic rings. The number of aromatic nitrogens is 6. The molecule has 19 heteroatoms. The molecule has 0 saturated carbocycles. The van der Waals surface area contributed by atoms with E-state index in [1.54, 1.807) is 47.5 Å². The summed E-state index contributed by atoms with van der Waals surface area (Å²) < 4.78 is 41.4. The van der Waals surface area contributed by atoms with Crippen LogP contribution < -0.4 is 40.5 Å². The number of piperidine rings is 2. The minimum Gasteiger partial charge on any atom is -0.496 e. The van der Waals surface area contributed by atoms with E-state index in [2.05, 4.69) is 41.0 Å². The Labute approximate surface area is 335 Å². The number of fused-ring (bicyclic) bond motifs is 2. The third-order valence-electron chi connectivity index (χ3n) is 11.5. The standard InChI is InChI=1S/C19H21FN6O2S.C19H23FN6OS/c1-28-15-10-12(20)2-3-13(15)14-11-22-17-26(14)24-18(29-17)25-8-4-19(5-9-25)16(27)21-6-7-23-19;1-27-16-10-13(20)2-3-14(16)15-11-22-17-26(15)24-18(28-17)25-8-4-19(5-9-25)12-21-6-7-23-19/h2-3,10-11,23H,4-9H2,1H3,(H,21,27);2-3,10-11,21,23H,4-9,12H2,1H3. The number of halogens is 2. The first-order valence-corrected chi connectivity index (χ1v) is 20.8. The van der Waals surface area contributed by atoms with Crippen molar-refractivity contribution in [1.82, 2.24) is 50.5 Å². The molecule has 0 radical (unpaired) electrons. The topological polar surface area (TPSA) is 151 Å². The molecule has 4 N–H and O–H groups in total. The zero-order chi connectivity index (χ0) is 39.1. The monoisotopic (exact) mass is 818 g/mol. The van der Waals surface area contributed by atoms with Crippen LogP contribution in [-0.4, -0.2) is 119 Å². The Bertz CT molecular complexity index is 2390. The SMILES string of the molecule is COc1cc(F)ccc1-c1cnc2sc(N3CCC4(CC3)CNCCN4)nn12.COc1cc(F)ccc1-c1cnc2sc(N3CCC4(CC3)NCCNC4=O)nn12. The molecule has 0 atom stereocenters. The van der Waals surface area contributed by atoms with E-state index in [9.17, 15) is 13.6 Å². The number of hydrogen-bond acceptors (Lipinski definition) is 14. The molecule has 4 fully saturated rings. The molecule has 10 rings (SSSR count). The van der Waals surface area contributed by atoms with Crippen LogP contribution in [0.15, 0.2) is 48.8 Å². The van der Waals surface area contributed by atoms with Gasteiger partial charge in [-0.25, -0.2) is 27.8 Å². The van der Waals surface area contributed by atoms with Gasteiger partial charge < -0.3 is 40.5 Å². The van der Waals surface area contributed by atoms with Gasteiger partial charge in [0.15, 0.2) is 0 Å². The molecule has 57 heavy (non-hydrogen) atoms. The smallest absolute Gasteiger partial charge is 0.240 e. The molecule has 300 valence electrons. The van der Waals surface area contributed by atoms with E-state index in [0.29, 0.717) is 18.0 Å². The molecule has 0 unspecified atom stereocenters. The molecule has 8 heterocycles. The molecule has 2 spiro atoms. The Morgan fingerprint density at radius 1 is 0.702 bits per heavy atom. The molecule has 4 aromatic heterocycles. The molecule has 0 bridgehead atoms. The lowest BCUT2D eigenvalue weighted by Crippen LogP contribution is -2.66. The van der Waals surface area contributed by atoms with Crippen LogP contribution in [0.25, 0.3) is 32.4 Å². The second kappa shape index (κ2) is 15.4. The Morgan fingerprint density at radius 3 is 1.72 bits per heavy atom.